The normalized spacial score (nSPS) is 15.1. The quantitative estimate of drug-likeness (QED) is 0.604. The summed E-state index contributed by atoms with van der Waals surface area (Å²) in [5.74, 6) is -0.214. The molecule has 0 spiro atoms. The molecule has 0 atom stereocenters. The van der Waals surface area contributed by atoms with Gasteiger partial charge in [-0.3, -0.25) is 14.7 Å². The molecule has 0 saturated carbocycles. The highest BCUT2D eigenvalue weighted by Gasteiger charge is 2.20. The van der Waals surface area contributed by atoms with Gasteiger partial charge in [0.05, 0.1) is 5.69 Å². The van der Waals surface area contributed by atoms with Crippen LogP contribution in [0.2, 0.25) is 0 Å². The third kappa shape index (κ3) is 5.13. The number of rotatable bonds is 5. The number of benzene rings is 1. The van der Waals surface area contributed by atoms with Crippen molar-refractivity contribution in [1.82, 2.24) is 19.8 Å². The molecule has 1 saturated heterocycles. The highest BCUT2D eigenvalue weighted by molar-refractivity contribution is 7.13. The van der Waals surface area contributed by atoms with Gasteiger partial charge in [0.15, 0.2) is 0 Å². The summed E-state index contributed by atoms with van der Waals surface area (Å²) >= 11 is 1.57. The van der Waals surface area contributed by atoms with E-state index in [4.69, 9.17) is 0 Å². The molecule has 0 N–H and O–H groups in total. The molecule has 1 aliphatic heterocycles. The van der Waals surface area contributed by atoms with Crippen LogP contribution in [0.15, 0.2) is 60.2 Å². The van der Waals surface area contributed by atoms with Crippen LogP contribution in [0.3, 0.4) is 0 Å². The van der Waals surface area contributed by atoms with Crippen LogP contribution in [0.25, 0.3) is 16.6 Å². The van der Waals surface area contributed by atoms with Crippen molar-refractivity contribution in [3.05, 3.63) is 77.3 Å². The van der Waals surface area contributed by atoms with E-state index in [1.807, 2.05) is 22.4 Å². The van der Waals surface area contributed by atoms with E-state index in [-0.39, 0.29) is 11.7 Å². The van der Waals surface area contributed by atoms with E-state index in [1.54, 1.807) is 48.0 Å². The van der Waals surface area contributed by atoms with Crippen molar-refractivity contribution in [2.45, 2.75) is 6.54 Å². The number of carbonyl (C=O) groups is 1. The van der Waals surface area contributed by atoms with Crippen LogP contribution in [0.4, 0.5) is 4.39 Å². The Hall–Kier alpha value is -2.90. The molecule has 0 radical (unpaired) electrons. The molecule has 3 heterocycles. The molecule has 0 aliphatic carbocycles. The maximum Gasteiger partial charge on any atom is 0.246 e. The second kappa shape index (κ2) is 9.07. The summed E-state index contributed by atoms with van der Waals surface area (Å²) in [6.07, 6.45) is 6.86. The fraction of sp³-hybridized carbons (Fsp3) is 0.227. The van der Waals surface area contributed by atoms with Crippen LogP contribution in [0, 0.1) is 5.82 Å². The minimum absolute atomic E-state index is 0.0285. The van der Waals surface area contributed by atoms with Crippen LogP contribution in [0.5, 0.6) is 0 Å². The van der Waals surface area contributed by atoms with Gasteiger partial charge in [-0.25, -0.2) is 9.37 Å². The molecule has 5 nitrogen and oxygen atoms in total. The average molecular weight is 409 g/mol. The van der Waals surface area contributed by atoms with Crippen molar-refractivity contribution in [2.24, 2.45) is 0 Å². The van der Waals surface area contributed by atoms with Crippen LogP contribution in [0.1, 0.15) is 11.3 Å². The highest BCUT2D eigenvalue weighted by Crippen LogP contribution is 2.24. The molecule has 2 aromatic heterocycles. The molecule has 1 amide bonds. The molecule has 29 heavy (non-hydrogen) atoms. The number of thiazole rings is 1. The Morgan fingerprint density at radius 2 is 1.93 bits per heavy atom. The van der Waals surface area contributed by atoms with E-state index in [1.165, 1.54) is 12.1 Å². The van der Waals surface area contributed by atoms with Crippen molar-refractivity contribution >= 4 is 23.3 Å². The minimum atomic E-state index is -0.242. The Balaban J connectivity index is 1.28. The van der Waals surface area contributed by atoms with E-state index < -0.39 is 0 Å². The van der Waals surface area contributed by atoms with Gasteiger partial charge in [-0.2, -0.15) is 0 Å². The average Bonchev–Trinajstić information content (AvgIpc) is 3.22. The Labute approximate surface area is 173 Å². The maximum absolute atomic E-state index is 13.1. The molecular weight excluding hydrogens is 387 g/mol. The number of carbonyl (C=O) groups excluding carboxylic acids is 1. The van der Waals surface area contributed by atoms with E-state index in [0.717, 1.165) is 41.5 Å². The number of aromatic nitrogens is 2. The summed E-state index contributed by atoms with van der Waals surface area (Å²) in [5.41, 5.74) is 2.85. The molecule has 7 heteroatoms. The summed E-state index contributed by atoms with van der Waals surface area (Å²) < 4.78 is 13.1. The second-order valence-corrected chi connectivity index (χ2v) is 7.73. The van der Waals surface area contributed by atoms with Crippen LogP contribution in [-0.2, 0) is 11.3 Å². The summed E-state index contributed by atoms with van der Waals surface area (Å²) in [6.45, 7) is 3.79. The molecule has 148 valence electrons. The van der Waals surface area contributed by atoms with Crippen LogP contribution < -0.4 is 0 Å². The van der Waals surface area contributed by atoms with Crippen molar-refractivity contribution in [3.63, 3.8) is 0 Å². The highest BCUT2D eigenvalue weighted by atomic mass is 32.1. The van der Waals surface area contributed by atoms with Gasteiger partial charge in [0.25, 0.3) is 0 Å². The van der Waals surface area contributed by atoms with Gasteiger partial charge in [0.1, 0.15) is 10.8 Å². The lowest BCUT2D eigenvalue weighted by molar-refractivity contribution is -0.127. The molecule has 0 bridgehead atoms. The monoisotopic (exact) mass is 408 g/mol. The lowest BCUT2D eigenvalue weighted by Gasteiger charge is -2.33. The van der Waals surface area contributed by atoms with Crippen molar-refractivity contribution in [1.29, 1.82) is 0 Å². The lowest BCUT2D eigenvalue weighted by Crippen LogP contribution is -2.47. The number of hydrogen-bond donors (Lipinski definition) is 0. The fourth-order valence-corrected chi connectivity index (χ4v) is 4.02. The topological polar surface area (TPSA) is 49.3 Å². The molecular formula is C22H21FN4OS. The third-order valence-corrected chi connectivity index (χ3v) is 5.76. The van der Waals surface area contributed by atoms with E-state index in [0.29, 0.717) is 13.1 Å². The summed E-state index contributed by atoms with van der Waals surface area (Å²) in [6, 6.07) is 10.2. The fourth-order valence-electron chi connectivity index (χ4n) is 3.21. The number of amides is 1. The van der Waals surface area contributed by atoms with E-state index in [2.05, 4.69) is 14.9 Å². The first-order chi connectivity index (χ1) is 14.2. The third-order valence-electron chi connectivity index (χ3n) is 4.82. The van der Waals surface area contributed by atoms with Gasteiger partial charge in [0, 0.05) is 62.1 Å². The van der Waals surface area contributed by atoms with Crippen LogP contribution in [-0.4, -0.2) is 51.9 Å². The summed E-state index contributed by atoms with van der Waals surface area (Å²) in [5, 5.41) is 2.95. The zero-order valence-corrected chi connectivity index (χ0v) is 16.7. The Kier molecular flexibility index (Phi) is 6.07. The van der Waals surface area contributed by atoms with Crippen molar-refractivity contribution < 1.29 is 9.18 Å². The summed E-state index contributed by atoms with van der Waals surface area (Å²) in [4.78, 5) is 25.3. The molecule has 1 fully saturated rings. The van der Waals surface area contributed by atoms with Gasteiger partial charge in [-0.1, -0.05) is 6.07 Å². The van der Waals surface area contributed by atoms with Crippen molar-refractivity contribution in [2.75, 3.05) is 26.2 Å². The SMILES string of the molecule is O=C(/C=C/c1cccnc1)N1CCN(Cc2csc(-c3ccc(F)cc3)n2)CC1. The Morgan fingerprint density at radius 3 is 2.66 bits per heavy atom. The van der Waals surface area contributed by atoms with Gasteiger partial charge in [0.2, 0.25) is 5.91 Å². The molecule has 0 unspecified atom stereocenters. The van der Waals surface area contributed by atoms with E-state index >= 15 is 0 Å². The second-order valence-electron chi connectivity index (χ2n) is 6.87. The van der Waals surface area contributed by atoms with Gasteiger partial charge < -0.3 is 4.90 Å². The standard InChI is InChI=1S/C22H21FN4OS/c23-19-6-4-18(5-7-19)22-25-20(16-29-22)15-26-10-12-27(13-11-26)21(28)8-3-17-2-1-9-24-14-17/h1-9,14,16H,10-13,15H2/b8-3+. The molecule has 1 aliphatic rings. The van der Waals surface area contributed by atoms with Gasteiger partial charge >= 0.3 is 0 Å². The first-order valence-electron chi connectivity index (χ1n) is 9.47. The van der Waals surface area contributed by atoms with E-state index in [9.17, 15) is 9.18 Å². The number of piperazine rings is 1. The Bertz CT molecular complexity index is 980. The lowest BCUT2D eigenvalue weighted by atomic mass is 10.2. The first-order valence-corrected chi connectivity index (χ1v) is 10.3. The van der Waals surface area contributed by atoms with Crippen molar-refractivity contribution in [3.8, 4) is 10.6 Å². The molecule has 4 rings (SSSR count). The number of pyridine rings is 1. The number of hydrogen-bond acceptors (Lipinski definition) is 5. The predicted molar refractivity (Wildman–Crippen MR) is 113 cm³/mol. The maximum atomic E-state index is 13.1. The zero-order chi connectivity index (χ0) is 20.1. The predicted octanol–water partition coefficient (Wildman–Crippen LogP) is 3.70. The van der Waals surface area contributed by atoms with Gasteiger partial charge in [-0.05, 0) is 42.0 Å². The minimum Gasteiger partial charge on any atom is -0.337 e. The summed E-state index contributed by atoms with van der Waals surface area (Å²) in [7, 11) is 0. The number of halogens is 1. The van der Waals surface area contributed by atoms with Gasteiger partial charge in [-0.15, -0.1) is 11.3 Å². The first kappa shape index (κ1) is 19.4. The largest absolute Gasteiger partial charge is 0.337 e. The van der Waals surface area contributed by atoms with Crippen LogP contribution >= 0.6 is 11.3 Å². The smallest absolute Gasteiger partial charge is 0.246 e. The number of nitrogens with zero attached hydrogens (tertiary/aromatic N) is 4. The molecule has 3 aromatic rings. The zero-order valence-electron chi connectivity index (χ0n) is 15.9. The molecule has 1 aromatic carbocycles. The Morgan fingerprint density at radius 1 is 1.14 bits per heavy atom.